The monoisotopic (exact) mass is 232 g/mol. The van der Waals surface area contributed by atoms with Crippen molar-refractivity contribution in [3.63, 3.8) is 0 Å². The fourth-order valence-electron chi connectivity index (χ4n) is 1.48. The minimum atomic E-state index is -0.297. The van der Waals surface area contributed by atoms with Crippen LogP contribution in [0, 0.1) is 11.7 Å². The van der Waals surface area contributed by atoms with Gasteiger partial charge in [-0.05, 0) is 23.8 Å². The summed E-state index contributed by atoms with van der Waals surface area (Å²) < 4.78 is 12.7. The molecule has 2 rings (SSSR count). The van der Waals surface area contributed by atoms with E-state index in [4.69, 9.17) is 0 Å². The zero-order valence-electron chi connectivity index (χ0n) is 9.70. The topological polar surface area (TPSA) is 41.5 Å². The number of nitrogens with one attached hydrogen (secondary N) is 1. The Balaban J connectivity index is 2.28. The van der Waals surface area contributed by atoms with Gasteiger partial charge in [0, 0.05) is 5.92 Å². The first-order valence-corrected chi connectivity index (χ1v) is 5.43. The van der Waals surface area contributed by atoms with Gasteiger partial charge in [-0.2, -0.15) is 0 Å². The van der Waals surface area contributed by atoms with Gasteiger partial charge >= 0.3 is 0 Å². The second-order valence-corrected chi connectivity index (χ2v) is 4.19. The van der Waals surface area contributed by atoms with Gasteiger partial charge in [-0.1, -0.05) is 26.0 Å². The summed E-state index contributed by atoms with van der Waals surface area (Å²) in [5.74, 6) is 0.342. The van der Waals surface area contributed by atoms with Crippen LogP contribution in [0.25, 0.3) is 6.08 Å². The number of amides is 1. The quantitative estimate of drug-likeness (QED) is 0.781. The lowest BCUT2D eigenvalue weighted by Crippen LogP contribution is -2.27. The molecule has 0 fully saturated rings. The number of hydrogen-bond donors (Lipinski definition) is 1. The van der Waals surface area contributed by atoms with Crippen molar-refractivity contribution in [2.45, 2.75) is 13.8 Å². The third-order valence-corrected chi connectivity index (χ3v) is 2.44. The first kappa shape index (κ1) is 11.5. The Bertz CT molecular complexity index is 501. The molecule has 0 aromatic heterocycles. The largest absolute Gasteiger partial charge is 0.308 e. The summed E-state index contributed by atoms with van der Waals surface area (Å²) in [6, 6.07) is 5.93. The summed E-state index contributed by atoms with van der Waals surface area (Å²) in [6.07, 6.45) is 1.64. The van der Waals surface area contributed by atoms with Gasteiger partial charge in [-0.15, -0.1) is 0 Å². The molecule has 17 heavy (non-hydrogen) atoms. The molecule has 1 aliphatic rings. The molecule has 1 aromatic rings. The number of nitrogens with zero attached hydrogens (tertiary/aromatic N) is 1. The third-order valence-electron chi connectivity index (χ3n) is 2.44. The number of carbonyl (C=O) groups is 1. The van der Waals surface area contributed by atoms with Crippen LogP contribution in [0.1, 0.15) is 19.4 Å². The van der Waals surface area contributed by atoms with Crippen LogP contribution in [0.3, 0.4) is 0 Å². The van der Waals surface area contributed by atoms with Crippen molar-refractivity contribution in [1.82, 2.24) is 5.32 Å². The first-order chi connectivity index (χ1) is 8.06. The molecule has 1 amide bonds. The molecule has 0 unspecified atom stereocenters. The molecule has 88 valence electrons. The molecule has 3 nitrogen and oxygen atoms in total. The van der Waals surface area contributed by atoms with Crippen LogP contribution >= 0.6 is 0 Å². The number of amidine groups is 1. The lowest BCUT2D eigenvalue weighted by Gasteiger charge is -2.01. The lowest BCUT2D eigenvalue weighted by atomic mass is 10.2. The average molecular weight is 232 g/mol. The molecule has 1 heterocycles. The molecule has 1 aliphatic heterocycles. The van der Waals surface area contributed by atoms with Crippen molar-refractivity contribution in [3.05, 3.63) is 41.3 Å². The fourth-order valence-corrected chi connectivity index (χ4v) is 1.48. The molecular weight excluding hydrogens is 219 g/mol. The number of aliphatic imine (C=N–C) groups is 1. The minimum Gasteiger partial charge on any atom is -0.308 e. The Morgan fingerprint density at radius 3 is 2.47 bits per heavy atom. The van der Waals surface area contributed by atoms with Crippen molar-refractivity contribution in [2.75, 3.05) is 0 Å². The summed E-state index contributed by atoms with van der Waals surface area (Å²) in [6.45, 7) is 3.92. The van der Waals surface area contributed by atoms with E-state index in [-0.39, 0.29) is 17.6 Å². The second kappa shape index (κ2) is 4.49. The molecule has 0 radical (unpaired) electrons. The van der Waals surface area contributed by atoms with Crippen LogP contribution in [-0.4, -0.2) is 11.7 Å². The van der Waals surface area contributed by atoms with E-state index in [0.717, 1.165) is 5.56 Å². The maximum absolute atomic E-state index is 12.7. The predicted molar refractivity (Wildman–Crippen MR) is 64.8 cm³/mol. The number of benzene rings is 1. The molecule has 0 atom stereocenters. The number of carbonyl (C=O) groups excluding carboxylic acids is 1. The van der Waals surface area contributed by atoms with Crippen molar-refractivity contribution in [1.29, 1.82) is 0 Å². The summed E-state index contributed by atoms with van der Waals surface area (Å²) in [7, 11) is 0. The van der Waals surface area contributed by atoms with Gasteiger partial charge in [-0.25, -0.2) is 9.38 Å². The predicted octanol–water partition coefficient (Wildman–Crippen LogP) is 2.35. The molecule has 0 saturated heterocycles. The molecule has 0 spiro atoms. The van der Waals surface area contributed by atoms with Crippen LogP contribution < -0.4 is 5.32 Å². The maximum atomic E-state index is 12.7. The van der Waals surface area contributed by atoms with Crippen LogP contribution in [0.4, 0.5) is 4.39 Å². The zero-order chi connectivity index (χ0) is 12.4. The van der Waals surface area contributed by atoms with E-state index in [9.17, 15) is 9.18 Å². The van der Waals surface area contributed by atoms with Crippen LogP contribution in [-0.2, 0) is 4.79 Å². The van der Waals surface area contributed by atoms with E-state index in [1.165, 1.54) is 12.1 Å². The Morgan fingerprint density at radius 1 is 1.29 bits per heavy atom. The molecule has 0 bridgehead atoms. The highest BCUT2D eigenvalue weighted by molar-refractivity contribution is 6.14. The molecule has 1 aromatic carbocycles. The molecule has 0 saturated carbocycles. The van der Waals surface area contributed by atoms with Crippen LogP contribution in [0.2, 0.25) is 0 Å². The average Bonchev–Trinajstić information content (AvgIpc) is 2.64. The molecular formula is C13H13FN2O. The van der Waals surface area contributed by atoms with Crippen molar-refractivity contribution in [3.8, 4) is 0 Å². The lowest BCUT2D eigenvalue weighted by molar-refractivity contribution is -0.115. The summed E-state index contributed by atoms with van der Waals surface area (Å²) in [4.78, 5) is 15.8. The normalized spacial score (nSPS) is 17.5. The Kier molecular flexibility index (Phi) is 3.04. The summed E-state index contributed by atoms with van der Waals surface area (Å²) in [5, 5.41) is 2.70. The van der Waals surface area contributed by atoms with Crippen molar-refractivity contribution in [2.24, 2.45) is 10.9 Å². The van der Waals surface area contributed by atoms with Gasteiger partial charge in [0.2, 0.25) is 0 Å². The highest BCUT2D eigenvalue weighted by Crippen LogP contribution is 2.14. The maximum Gasteiger partial charge on any atom is 0.275 e. The minimum absolute atomic E-state index is 0.179. The highest BCUT2D eigenvalue weighted by Gasteiger charge is 2.21. The van der Waals surface area contributed by atoms with E-state index < -0.39 is 0 Å². The van der Waals surface area contributed by atoms with Gasteiger partial charge in [0.25, 0.3) is 5.91 Å². The molecule has 4 heteroatoms. The number of hydrogen-bond acceptors (Lipinski definition) is 2. The highest BCUT2D eigenvalue weighted by atomic mass is 19.1. The Hall–Kier alpha value is -1.97. The van der Waals surface area contributed by atoms with Gasteiger partial charge in [0.1, 0.15) is 17.3 Å². The summed E-state index contributed by atoms with van der Waals surface area (Å²) >= 11 is 0. The molecule has 1 N–H and O–H groups in total. The van der Waals surface area contributed by atoms with Gasteiger partial charge < -0.3 is 5.32 Å². The van der Waals surface area contributed by atoms with E-state index in [1.807, 2.05) is 13.8 Å². The second-order valence-electron chi connectivity index (χ2n) is 4.19. The van der Waals surface area contributed by atoms with Crippen LogP contribution in [0.15, 0.2) is 35.0 Å². The SMILES string of the molecule is CC(C)C1=N/C(=C/c2ccc(F)cc2)C(=O)N1. The van der Waals surface area contributed by atoms with Gasteiger partial charge in [0.15, 0.2) is 0 Å². The third kappa shape index (κ3) is 2.58. The van der Waals surface area contributed by atoms with Crippen molar-refractivity contribution < 1.29 is 9.18 Å². The first-order valence-electron chi connectivity index (χ1n) is 5.43. The number of rotatable bonds is 2. The Labute approximate surface area is 99.1 Å². The summed E-state index contributed by atoms with van der Waals surface area (Å²) in [5.41, 5.74) is 1.12. The zero-order valence-corrected chi connectivity index (χ0v) is 9.70. The van der Waals surface area contributed by atoms with Crippen LogP contribution in [0.5, 0.6) is 0 Å². The van der Waals surface area contributed by atoms with E-state index >= 15 is 0 Å². The van der Waals surface area contributed by atoms with Gasteiger partial charge in [-0.3, -0.25) is 4.79 Å². The van der Waals surface area contributed by atoms with Crippen molar-refractivity contribution >= 4 is 17.8 Å². The standard InChI is InChI=1S/C13H13FN2O/c1-8(2)12-15-11(13(17)16-12)7-9-3-5-10(14)6-4-9/h3-8H,1-2H3,(H,15,16,17)/b11-7+. The Morgan fingerprint density at radius 2 is 1.94 bits per heavy atom. The van der Waals surface area contributed by atoms with Gasteiger partial charge in [0.05, 0.1) is 0 Å². The van der Waals surface area contributed by atoms with E-state index in [0.29, 0.717) is 11.5 Å². The smallest absolute Gasteiger partial charge is 0.275 e. The fraction of sp³-hybridized carbons (Fsp3) is 0.231. The molecule has 0 aliphatic carbocycles. The van der Waals surface area contributed by atoms with E-state index in [1.54, 1.807) is 18.2 Å². The number of halogens is 1. The van der Waals surface area contributed by atoms with E-state index in [2.05, 4.69) is 10.3 Å².